The molecule has 0 aromatic carbocycles. The number of nitrogens with one attached hydrogen (secondary N) is 1. The highest BCUT2D eigenvalue weighted by Crippen LogP contribution is 2.22. The van der Waals surface area contributed by atoms with Crippen LogP contribution in [0.4, 0.5) is 0 Å². The molecule has 0 aliphatic carbocycles. The van der Waals surface area contributed by atoms with E-state index in [1.165, 1.54) is 18.1 Å². The van der Waals surface area contributed by atoms with Gasteiger partial charge in [0.25, 0.3) is 0 Å². The molecule has 2 heterocycles. The lowest BCUT2D eigenvalue weighted by Crippen LogP contribution is -2.34. The van der Waals surface area contributed by atoms with Crippen LogP contribution in [0.3, 0.4) is 0 Å². The summed E-state index contributed by atoms with van der Waals surface area (Å²) in [6.07, 6.45) is 2.98. The van der Waals surface area contributed by atoms with Crippen molar-refractivity contribution in [3.8, 4) is 0 Å². The number of nitrogens with zero attached hydrogens (tertiary/aromatic N) is 3. The first-order valence-corrected chi connectivity index (χ1v) is 6.40. The van der Waals surface area contributed by atoms with Gasteiger partial charge in [0.15, 0.2) is 5.65 Å². The Balaban J connectivity index is 2.02. The Morgan fingerprint density at radius 2 is 2.39 bits per heavy atom. The van der Waals surface area contributed by atoms with E-state index in [9.17, 15) is 4.79 Å². The van der Waals surface area contributed by atoms with Gasteiger partial charge in [-0.25, -0.2) is 15.0 Å². The molecule has 8 heteroatoms. The summed E-state index contributed by atoms with van der Waals surface area (Å²) in [7, 11) is 0. The van der Waals surface area contributed by atoms with E-state index < -0.39 is 12.0 Å². The van der Waals surface area contributed by atoms with Crippen LogP contribution in [0.2, 0.25) is 0 Å². The number of imidazole rings is 1. The number of aromatic nitrogens is 4. The molecule has 18 heavy (non-hydrogen) atoms. The fourth-order valence-corrected chi connectivity index (χ4v) is 2.23. The Bertz CT molecular complexity index is 544. The molecule has 0 fully saturated rings. The van der Waals surface area contributed by atoms with Crippen LogP contribution in [-0.4, -0.2) is 44.3 Å². The van der Waals surface area contributed by atoms with Crippen LogP contribution in [0, 0.1) is 0 Å². The Labute approximate surface area is 108 Å². The minimum absolute atomic E-state index is 0.329. The van der Waals surface area contributed by atoms with E-state index in [1.54, 1.807) is 13.3 Å². The first kappa shape index (κ1) is 12.8. The number of rotatable bonds is 5. The Kier molecular flexibility index (Phi) is 4.11. The van der Waals surface area contributed by atoms with Crippen LogP contribution < -0.4 is 5.73 Å². The number of thioether (sulfide) groups is 1. The average Bonchev–Trinajstić information content (AvgIpc) is 2.84. The molecule has 0 radical (unpaired) electrons. The monoisotopic (exact) mass is 267 g/mol. The number of aromatic amines is 1. The van der Waals surface area contributed by atoms with Gasteiger partial charge < -0.3 is 15.5 Å². The smallest absolute Gasteiger partial charge is 0.323 e. The Morgan fingerprint density at radius 1 is 1.56 bits per heavy atom. The average molecular weight is 267 g/mol. The van der Waals surface area contributed by atoms with Crippen molar-refractivity contribution in [2.24, 2.45) is 5.73 Å². The summed E-state index contributed by atoms with van der Waals surface area (Å²) in [5.74, 6) is -0.0100. The molecule has 2 rings (SSSR count). The quantitative estimate of drug-likeness (QED) is 0.457. The molecule has 2 aromatic rings. The summed E-state index contributed by atoms with van der Waals surface area (Å²) < 4.78 is 4.83. The van der Waals surface area contributed by atoms with Crippen LogP contribution in [0.15, 0.2) is 17.7 Å². The molecule has 0 saturated heterocycles. The molecular weight excluding hydrogens is 254 g/mol. The molecule has 96 valence electrons. The lowest BCUT2D eigenvalue weighted by molar-refractivity contribution is -0.144. The Hall–Kier alpha value is -1.67. The van der Waals surface area contributed by atoms with Gasteiger partial charge in [0, 0.05) is 5.75 Å². The van der Waals surface area contributed by atoms with Crippen LogP contribution in [0.25, 0.3) is 11.2 Å². The number of esters is 1. The lowest BCUT2D eigenvalue weighted by atomic mass is 10.4. The first-order chi connectivity index (χ1) is 8.72. The fraction of sp³-hybridized carbons (Fsp3) is 0.400. The van der Waals surface area contributed by atoms with E-state index in [-0.39, 0.29) is 0 Å². The van der Waals surface area contributed by atoms with E-state index in [0.717, 1.165) is 10.5 Å². The number of H-pyrrole nitrogens is 1. The van der Waals surface area contributed by atoms with Crippen molar-refractivity contribution >= 4 is 28.9 Å². The Morgan fingerprint density at radius 3 is 3.17 bits per heavy atom. The highest BCUT2D eigenvalue weighted by atomic mass is 32.2. The summed E-state index contributed by atoms with van der Waals surface area (Å²) in [6.45, 7) is 2.08. The highest BCUT2D eigenvalue weighted by molar-refractivity contribution is 7.99. The number of nitrogens with two attached hydrogens (primary N) is 1. The predicted octanol–water partition coefficient (Wildman–Crippen LogP) is 0.335. The third-order valence-electron chi connectivity index (χ3n) is 2.18. The van der Waals surface area contributed by atoms with Gasteiger partial charge in [-0.3, -0.25) is 4.79 Å². The molecule has 0 bridgehead atoms. The summed E-state index contributed by atoms with van der Waals surface area (Å²) in [4.78, 5) is 26.5. The number of ether oxygens (including phenoxy) is 1. The van der Waals surface area contributed by atoms with E-state index in [2.05, 4.69) is 19.9 Å². The number of carbonyl (C=O) groups excluding carboxylic acids is 1. The summed E-state index contributed by atoms with van der Waals surface area (Å²) in [5.41, 5.74) is 7.05. The van der Waals surface area contributed by atoms with Crippen LogP contribution in [0.1, 0.15) is 6.92 Å². The SMILES string of the molecule is CCOC(=O)C(N)CSc1ncnc2nc[nH]c12. The molecule has 0 amide bonds. The summed E-state index contributed by atoms with van der Waals surface area (Å²) in [5, 5.41) is 0.720. The molecule has 7 nitrogen and oxygen atoms in total. The molecule has 0 spiro atoms. The number of hydrogen-bond donors (Lipinski definition) is 2. The molecule has 1 unspecified atom stereocenters. The fourth-order valence-electron chi connectivity index (χ4n) is 1.34. The van der Waals surface area contributed by atoms with Gasteiger partial charge in [-0.1, -0.05) is 0 Å². The molecule has 0 aliphatic rings. The number of carbonyl (C=O) groups is 1. The number of hydrogen-bond acceptors (Lipinski definition) is 7. The minimum atomic E-state index is -0.664. The highest BCUT2D eigenvalue weighted by Gasteiger charge is 2.16. The minimum Gasteiger partial charge on any atom is -0.465 e. The van der Waals surface area contributed by atoms with Crippen LogP contribution in [-0.2, 0) is 9.53 Å². The normalized spacial score (nSPS) is 12.6. The van der Waals surface area contributed by atoms with Gasteiger partial charge in [0.05, 0.1) is 12.9 Å². The van der Waals surface area contributed by atoms with Gasteiger partial charge >= 0.3 is 5.97 Å². The second kappa shape index (κ2) is 5.78. The van der Waals surface area contributed by atoms with Crippen molar-refractivity contribution in [2.75, 3.05) is 12.4 Å². The van der Waals surface area contributed by atoms with Gasteiger partial charge in [0.2, 0.25) is 0 Å². The van der Waals surface area contributed by atoms with Crippen molar-refractivity contribution in [1.82, 2.24) is 19.9 Å². The third-order valence-corrected chi connectivity index (χ3v) is 3.29. The van der Waals surface area contributed by atoms with Gasteiger partial charge in [-0.15, -0.1) is 11.8 Å². The number of fused-ring (bicyclic) bond motifs is 1. The van der Waals surface area contributed by atoms with E-state index in [0.29, 0.717) is 18.0 Å². The zero-order valence-corrected chi connectivity index (χ0v) is 10.6. The first-order valence-electron chi connectivity index (χ1n) is 5.41. The van der Waals surface area contributed by atoms with Crippen molar-refractivity contribution < 1.29 is 9.53 Å². The molecule has 3 N–H and O–H groups in total. The van der Waals surface area contributed by atoms with E-state index in [1.807, 2.05) is 0 Å². The molecule has 0 saturated carbocycles. The van der Waals surface area contributed by atoms with Gasteiger partial charge in [0.1, 0.15) is 22.9 Å². The van der Waals surface area contributed by atoms with Crippen LogP contribution >= 0.6 is 11.8 Å². The molecular formula is C10H13N5O2S. The van der Waals surface area contributed by atoms with Gasteiger partial charge in [-0.05, 0) is 6.92 Å². The van der Waals surface area contributed by atoms with Crippen molar-refractivity contribution in [2.45, 2.75) is 18.0 Å². The standard InChI is InChI=1S/C10H13N5O2S/c1-2-17-10(16)6(11)3-18-9-7-8(13-4-12-7)14-5-15-9/h4-6H,2-3,11H2,1H3,(H,12,13,14,15). The van der Waals surface area contributed by atoms with E-state index in [4.69, 9.17) is 10.5 Å². The second-order valence-corrected chi connectivity index (χ2v) is 4.46. The topological polar surface area (TPSA) is 107 Å². The predicted molar refractivity (Wildman–Crippen MR) is 67.0 cm³/mol. The summed E-state index contributed by atoms with van der Waals surface area (Å²) >= 11 is 1.37. The second-order valence-electron chi connectivity index (χ2n) is 3.45. The maximum absolute atomic E-state index is 11.4. The molecule has 2 aromatic heterocycles. The lowest BCUT2D eigenvalue weighted by Gasteiger charge is -2.09. The maximum Gasteiger partial charge on any atom is 0.323 e. The zero-order valence-electron chi connectivity index (χ0n) is 9.79. The largest absolute Gasteiger partial charge is 0.465 e. The molecule has 1 atom stereocenters. The third kappa shape index (κ3) is 2.77. The maximum atomic E-state index is 11.4. The zero-order chi connectivity index (χ0) is 13.0. The van der Waals surface area contributed by atoms with Crippen molar-refractivity contribution in [3.05, 3.63) is 12.7 Å². The summed E-state index contributed by atoms with van der Waals surface area (Å²) in [6, 6.07) is -0.664. The van der Waals surface area contributed by atoms with Crippen molar-refractivity contribution in [3.63, 3.8) is 0 Å². The molecule has 0 aliphatic heterocycles. The van der Waals surface area contributed by atoms with Crippen LogP contribution in [0.5, 0.6) is 0 Å². The van der Waals surface area contributed by atoms with Gasteiger partial charge in [-0.2, -0.15) is 0 Å². The van der Waals surface area contributed by atoms with Crippen molar-refractivity contribution in [1.29, 1.82) is 0 Å². The van der Waals surface area contributed by atoms with E-state index >= 15 is 0 Å².